The molecule has 0 aromatic heterocycles. The van der Waals surface area contributed by atoms with E-state index in [0.29, 0.717) is 12.1 Å². The summed E-state index contributed by atoms with van der Waals surface area (Å²) in [7, 11) is 0. The van der Waals surface area contributed by atoms with Crippen LogP contribution < -0.4 is 5.32 Å². The van der Waals surface area contributed by atoms with E-state index >= 15 is 0 Å². The minimum Gasteiger partial charge on any atom is -0.388 e. The van der Waals surface area contributed by atoms with Crippen LogP contribution in [0.5, 0.6) is 0 Å². The second-order valence-corrected chi connectivity index (χ2v) is 7.10. The molecular formula is C17H24BrNO2. The van der Waals surface area contributed by atoms with Gasteiger partial charge in [-0.25, -0.2) is 0 Å². The third-order valence-corrected chi connectivity index (χ3v) is 5.25. The van der Waals surface area contributed by atoms with E-state index in [0.717, 1.165) is 41.6 Å². The molecule has 0 aliphatic heterocycles. The summed E-state index contributed by atoms with van der Waals surface area (Å²) in [5.41, 5.74) is 0.934. The standard InChI is InChI=1S/C17H24BrNO2/c1-3-13-6-8-17(21,9-7-13)11-19-16(20)14-10-12(2)4-5-15(14)18/h4-5,10,13,21H,3,6-9,11H2,1-2H3,(H,19,20). The molecule has 2 rings (SSSR count). The summed E-state index contributed by atoms with van der Waals surface area (Å²) in [6.45, 7) is 4.50. The molecule has 0 heterocycles. The Labute approximate surface area is 135 Å². The lowest BCUT2D eigenvalue weighted by Crippen LogP contribution is -2.45. The zero-order chi connectivity index (χ0) is 15.5. The minimum atomic E-state index is -0.738. The van der Waals surface area contributed by atoms with E-state index in [4.69, 9.17) is 0 Å². The number of carbonyl (C=O) groups excluding carboxylic acids is 1. The van der Waals surface area contributed by atoms with Gasteiger partial charge in [-0.1, -0.05) is 25.0 Å². The Balaban J connectivity index is 1.93. The van der Waals surface area contributed by atoms with Gasteiger partial charge in [0.05, 0.1) is 11.2 Å². The van der Waals surface area contributed by atoms with Crippen LogP contribution >= 0.6 is 15.9 Å². The van der Waals surface area contributed by atoms with Crippen molar-refractivity contribution in [1.29, 1.82) is 0 Å². The van der Waals surface area contributed by atoms with Gasteiger partial charge in [-0.05, 0) is 66.6 Å². The molecule has 21 heavy (non-hydrogen) atoms. The summed E-state index contributed by atoms with van der Waals surface area (Å²) in [5, 5.41) is 13.5. The first kappa shape index (κ1) is 16.5. The highest BCUT2D eigenvalue weighted by Gasteiger charge is 2.33. The molecule has 116 valence electrons. The predicted molar refractivity (Wildman–Crippen MR) is 88.4 cm³/mol. The second-order valence-electron chi connectivity index (χ2n) is 6.24. The van der Waals surface area contributed by atoms with Crippen LogP contribution in [0.3, 0.4) is 0 Å². The molecule has 0 atom stereocenters. The fourth-order valence-electron chi connectivity index (χ4n) is 2.95. The van der Waals surface area contributed by atoms with Gasteiger partial charge in [-0.15, -0.1) is 0 Å². The Hall–Kier alpha value is -0.870. The first-order chi connectivity index (χ1) is 9.93. The average molecular weight is 354 g/mol. The number of carbonyl (C=O) groups is 1. The molecule has 2 N–H and O–H groups in total. The Bertz CT molecular complexity index is 508. The molecule has 0 saturated heterocycles. The van der Waals surface area contributed by atoms with Crippen LogP contribution in [0.4, 0.5) is 0 Å². The number of rotatable bonds is 4. The van der Waals surface area contributed by atoms with Gasteiger partial charge in [0.2, 0.25) is 0 Å². The number of amides is 1. The number of hydrogen-bond donors (Lipinski definition) is 2. The topological polar surface area (TPSA) is 49.3 Å². The maximum atomic E-state index is 12.3. The number of aliphatic hydroxyl groups is 1. The van der Waals surface area contributed by atoms with Crippen molar-refractivity contribution in [2.45, 2.75) is 51.6 Å². The second kappa shape index (κ2) is 6.93. The van der Waals surface area contributed by atoms with Crippen molar-refractivity contribution >= 4 is 21.8 Å². The Morgan fingerprint density at radius 3 is 2.71 bits per heavy atom. The molecule has 1 aromatic carbocycles. The average Bonchev–Trinajstić information content (AvgIpc) is 2.48. The van der Waals surface area contributed by atoms with Gasteiger partial charge < -0.3 is 10.4 Å². The molecule has 0 unspecified atom stereocenters. The first-order valence-electron chi connectivity index (χ1n) is 7.70. The molecule has 1 saturated carbocycles. The highest BCUT2D eigenvalue weighted by molar-refractivity contribution is 9.10. The highest BCUT2D eigenvalue weighted by atomic mass is 79.9. The SMILES string of the molecule is CCC1CCC(O)(CNC(=O)c2cc(C)ccc2Br)CC1. The van der Waals surface area contributed by atoms with Gasteiger partial charge in [0.1, 0.15) is 0 Å². The molecule has 4 heteroatoms. The van der Waals surface area contributed by atoms with Crippen molar-refractivity contribution in [2.24, 2.45) is 5.92 Å². The van der Waals surface area contributed by atoms with E-state index in [2.05, 4.69) is 28.2 Å². The lowest BCUT2D eigenvalue weighted by Gasteiger charge is -2.35. The lowest BCUT2D eigenvalue weighted by molar-refractivity contribution is -0.00787. The van der Waals surface area contributed by atoms with Crippen LogP contribution in [0.1, 0.15) is 54.9 Å². The summed E-state index contributed by atoms with van der Waals surface area (Å²) in [6, 6.07) is 5.70. The zero-order valence-electron chi connectivity index (χ0n) is 12.8. The van der Waals surface area contributed by atoms with E-state index in [1.165, 1.54) is 6.42 Å². The summed E-state index contributed by atoms with van der Waals surface area (Å²) < 4.78 is 0.785. The predicted octanol–water partition coefficient (Wildman–Crippen LogP) is 3.82. The molecule has 1 aliphatic rings. The number of nitrogens with one attached hydrogen (secondary N) is 1. The number of aryl methyl sites for hydroxylation is 1. The van der Waals surface area contributed by atoms with Crippen LogP contribution in [0, 0.1) is 12.8 Å². The third kappa shape index (κ3) is 4.30. The Morgan fingerprint density at radius 1 is 1.43 bits per heavy atom. The maximum Gasteiger partial charge on any atom is 0.252 e. The molecule has 1 aliphatic carbocycles. The molecule has 1 amide bonds. The van der Waals surface area contributed by atoms with E-state index in [9.17, 15) is 9.90 Å². The van der Waals surface area contributed by atoms with Crippen LogP contribution in [0.2, 0.25) is 0 Å². The van der Waals surface area contributed by atoms with E-state index in [-0.39, 0.29) is 5.91 Å². The molecule has 3 nitrogen and oxygen atoms in total. The number of hydrogen-bond acceptors (Lipinski definition) is 2. The fraction of sp³-hybridized carbons (Fsp3) is 0.588. The van der Waals surface area contributed by atoms with Crippen molar-refractivity contribution in [3.63, 3.8) is 0 Å². The third-order valence-electron chi connectivity index (χ3n) is 4.56. The zero-order valence-corrected chi connectivity index (χ0v) is 14.4. The van der Waals surface area contributed by atoms with Gasteiger partial charge in [-0.3, -0.25) is 4.79 Å². The van der Waals surface area contributed by atoms with Gasteiger partial charge in [-0.2, -0.15) is 0 Å². The van der Waals surface area contributed by atoms with Gasteiger partial charge in [0, 0.05) is 11.0 Å². The van der Waals surface area contributed by atoms with Crippen molar-refractivity contribution in [2.75, 3.05) is 6.54 Å². The van der Waals surface area contributed by atoms with Crippen molar-refractivity contribution in [3.8, 4) is 0 Å². The van der Waals surface area contributed by atoms with E-state index in [1.807, 2.05) is 25.1 Å². The lowest BCUT2D eigenvalue weighted by atomic mass is 9.78. The van der Waals surface area contributed by atoms with Gasteiger partial charge in [0.25, 0.3) is 5.91 Å². The first-order valence-corrected chi connectivity index (χ1v) is 8.49. The number of halogens is 1. The molecule has 1 aromatic rings. The van der Waals surface area contributed by atoms with Crippen LogP contribution in [0.25, 0.3) is 0 Å². The van der Waals surface area contributed by atoms with Crippen LogP contribution in [0.15, 0.2) is 22.7 Å². The van der Waals surface area contributed by atoms with E-state index in [1.54, 1.807) is 0 Å². The molecule has 0 bridgehead atoms. The summed E-state index contributed by atoms with van der Waals surface area (Å²) in [5.74, 6) is 0.600. The normalized spacial score (nSPS) is 25.6. The van der Waals surface area contributed by atoms with Crippen LogP contribution in [-0.4, -0.2) is 23.2 Å². The molecule has 0 radical (unpaired) electrons. The minimum absolute atomic E-state index is 0.128. The summed E-state index contributed by atoms with van der Waals surface area (Å²) in [6.07, 6.45) is 4.84. The van der Waals surface area contributed by atoms with Gasteiger partial charge >= 0.3 is 0 Å². The number of benzene rings is 1. The highest BCUT2D eigenvalue weighted by Crippen LogP contribution is 2.33. The summed E-state index contributed by atoms with van der Waals surface area (Å²) >= 11 is 3.40. The van der Waals surface area contributed by atoms with Crippen molar-refractivity contribution in [3.05, 3.63) is 33.8 Å². The van der Waals surface area contributed by atoms with Gasteiger partial charge in [0.15, 0.2) is 0 Å². The monoisotopic (exact) mass is 353 g/mol. The smallest absolute Gasteiger partial charge is 0.252 e. The Morgan fingerprint density at radius 2 is 2.10 bits per heavy atom. The Kier molecular flexibility index (Phi) is 5.44. The summed E-state index contributed by atoms with van der Waals surface area (Å²) in [4.78, 5) is 12.3. The quantitative estimate of drug-likeness (QED) is 0.864. The molecular weight excluding hydrogens is 330 g/mol. The van der Waals surface area contributed by atoms with E-state index < -0.39 is 5.60 Å². The molecule has 0 spiro atoms. The van der Waals surface area contributed by atoms with Crippen molar-refractivity contribution < 1.29 is 9.90 Å². The fourth-order valence-corrected chi connectivity index (χ4v) is 3.38. The van der Waals surface area contributed by atoms with Crippen molar-refractivity contribution in [1.82, 2.24) is 5.32 Å². The molecule has 1 fully saturated rings. The largest absolute Gasteiger partial charge is 0.388 e. The maximum absolute atomic E-state index is 12.3. The van der Waals surface area contributed by atoms with Crippen LogP contribution in [-0.2, 0) is 0 Å².